The monoisotopic (exact) mass is 391 g/mol. The molecular weight excluding hydrogens is 370 g/mol. The number of hydrogen-bond donors (Lipinski definition) is 1. The van der Waals surface area contributed by atoms with E-state index in [-0.39, 0.29) is 12.4 Å². The van der Waals surface area contributed by atoms with Crippen molar-refractivity contribution in [2.75, 3.05) is 31.1 Å². The van der Waals surface area contributed by atoms with Gasteiger partial charge in [-0.1, -0.05) is 30.3 Å². The van der Waals surface area contributed by atoms with Gasteiger partial charge in [-0.25, -0.2) is 12.4 Å². The summed E-state index contributed by atoms with van der Waals surface area (Å²) in [7, 11) is -3.64. The van der Waals surface area contributed by atoms with Crippen LogP contribution in [0.4, 0.5) is 5.69 Å². The topological polar surface area (TPSA) is 54.3 Å². The summed E-state index contributed by atoms with van der Waals surface area (Å²) in [5.41, 5.74) is 2.47. The molecule has 0 atom stereocenters. The second-order valence-electron chi connectivity index (χ2n) is 6.32. The van der Waals surface area contributed by atoms with Gasteiger partial charge >= 0.3 is 0 Å². The van der Waals surface area contributed by atoms with Crippen molar-refractivity contribution in [1.29, 1.82) is 0 Å². The molecule has 138 valence electrons. The van der Waals surface area contributed by atoms with Crippen LogP contribution >= 0.6 is 12.4 Å². The van der Waals surface area contributed by atoms with E-state index in [9.17, 15) is 8.42 Å². The Bertz CT molecular complexity index is 1010. The molecule has 0 amide bonds. The quantitative estimate of drug-likeness (QED) is 0.745. The van der Waals surface area contributed by atoms with Crippen molar-refractivity contribution in [1.82, 2.24) is 9.29 Å². The van der Waals surface area contributed by atoms with Crippen LogP contribution in [0.1, 0.15) is 5.69 Å². The van der Waals surface area contributed by atoms with Gasteiger partial charge in [0.1, 0.15) is 0 Å². The molecule has 5 nitrogen and oxygen atoms in total. The lowest BCUT2D eigenvalue weighted by Gasteiger charge is -2.30. The third-order valence-corrected chi connectivity index (χ3v) is 6.49. The fourth-order valence-corrected chi connectivity index (χ4v) is 5.10. The highest BCUT2D eigenvalue weighted by molar-refractivity contribution is 7.90. The van der Waals surface area contributed by atoms with Crippen LogP contribution in [0.5, 0.6) is 0 Å². The van der Waals surface area contributed by atoms with Crippen LogP contribution < -0.4 is 10.2 Å². The van der Waals surface area contributed by atoms with Gasteiger partial charge in [0.05, 0.1) is 16.1 Å². The summed E-state index contributed by atoms with van der Waals surface area (Å²) in [6, 6.07) is 16.6. The van der Waals surface area contributed by atoms with E-state index in [1.807, 2.05) is 37.3 Å². The predicted octanol–water partition coefficient (Wildman–Crippen LogP) is 3.02. The van der Waals surface area contributed by atoms with Gasteiger partial charge in [-0.05, 0) is 31.2 Å². The summed E-state index contributed by atoms with van der Waals surface area (Å²) in [6.07, 6.45) is 0. The first-order valence-corrected chi connectivity index (χ1v) is 9.90. The number of hydrogen-bond acceptors (Lipinski definition) is 4. The average molecular weight is 392 g/mol. The van der Waals surface area contributed by atoms with Gasteiger partial charge in [0.15, 0.2) is 0 Å². The molecule has 2 aromatic carbocycles. The van der Waals surface area contributed by atoms with Crippen LogP contribution in [0.2, 0.25) is 0 Å². The van der Waals surface area contributed by atoms with Crippen molar-refractivity contribution in [3.63, 3.8) is 0 Å². The summed E-state index contributed by atoms with van der Waals surface area (Å²) in [4.78, 5) is 2.57. The zero-order valence-corrected chi connectivity index (χ0v) is 16.2. The highest BCUT2D eigenvalue weighted by Gasteiger charge is 2.24. The second kappa shape index (κ2) is 7.31. The van der Waals surface area contributed by atoms with Crippen LogP contribution in [0, 0.1) is 6.92 Å². The van der Waals surface area contributed by atoms with Gasteiger partial charge in [-0.2, -0.15) is 0 Å². The van der Waals surface area contributed by atoms with Crippen molar-refractivity contribution in [2.45, 2.75) is 11.8 Å². The number of halogens is 1. The van der Waals surface area contributed by atoms with Crippen molar-refractivity contribution < 1.29 is 8.42 Å². The molecular formula is C19H22ClN3O2S. The number of para-hydroxylation sites is 1. The summed E-state index contributed by atoms with van der Waals surface area (Å²) < 4.78 is 28.1. The van der Waals surface area contributed by atoms with Gasteiger partial charge in [-0.15, -0.1) is 12.4 Å². The molecule has 7 heteroatoms. The molecule has 1 aliphatic heterocycles. The average Bonchev–Trinajstić information content (AvgIpc) is 2.99. The van der Waals surface area contributed by atoms with E-state index in [2.05, 4.69) is 10.2 Å². The van der Waals surface area contributed by atoms with Crippen molar-refractivity contribution in [2.24, 2.45) is 0 Å². The first-order chi connectivity index (χ1) is 12.1. The second-order valence-corrected chi connectivity index (χ2v) is 8.11. The number of aryl methyl sites for hydroxylation is 1. The molecule has 26 heavy (non-hydrogen) atoms. The number of anilines is 1. The molecule has 4 rings (SSSR count). The maximum absolute atomic E-state index is 13.3. The summed E-state index contributed by atoms with van der Waals surface area (Å²) >= 11 is 0. The van der Waals surface area contributed by atoms with Crippen LogP contribution in [0.15, 0.2) is 59.5 Å². The van der Waals surface area contributed by atoms with E-state index in [1.165, 1.54) is 3.97 Å². The van der Waals surface area contributed by atoms with E-state index < -0.39 is 10.0 Å². The Hall–Kier alpha value is -2.02. The lowest BCUT2D eigenvalue weighted by Crippen LogP contribution is -2.43. The Balaban J connectivity index is 0.00000196. The summed E-state index contributed by atoms with van der Waals surface area (Å²) in [5, 5.41) is 4.29. The molecule has 1 N–H and O–H groups in total. The van der Waals surface area contributed by atoms with Crippen LogP contribution in [0.3, 0.4) is 0 Å². The van der Waals surface area contributed by atoms with Crippen LogP contribution in [-0.2, 0) is 10.0 Å². The van der Waals surface area contributed by atoms with Crippen molar-refractivity contribution in [3.8, 4) is 0 Å². The van der Waals surface area contributed by atoms with Gasteiger partial charge in [0.25, 0.3) is 10.0 Å². The van der Waals surface area contributed by atoms with Crippen molar-refractivity contribution in [3.05, 3.63) is 60.3 Å². The molecule has 1 aromatic heterocycles. The standard InChI is InChI=1S/C19H21N3O2S.ClH/c1-15-14-16-6-5-9-18(21-12-10-20-11-13-21)19(16)22(15)25(23,24)17-7-3-2-4-8-17;/h2-9,14,20H,10-13H2,1H3;1H. The molecule has 0 radical (unpaired) electrons. The molecule has 1 saturated heterocycles. The molecule has 1 fully saturated rings. The number of nitrogens with zero attached hydrogens (tertiary/aromatic N) is 2. The lowest BCUT2D eigenvalue weighted by atomic mass is 10.2. The molecule has 1 aliphatic rings. The SMILES string of the molecule is Cc1cc2cccc(N3CCNCC3)c2n1S(=O)(=O)c1ccccc1.Cl. The van der Waals surface area contributed by atoms with Gasteiger partial charge < -0.3 is 10.2 Å². The van der Waals surface area contributed by atoms with E-state index in [0.717, 1.165) is 48.5 Å². The van der Waals surface area contributed by atoms with Gasteiger partial charge in [0.2, 0.25) is 0 Å². The van der Waals surface area contributed by atoms with Gasteiger partial charge in [0, 0.05) is 37.3 Å². The zero-order chi connectivity index (χ0) is 17.4. The van der Waals surface area contributed by atoms with Gasteiger partial charge in [-0.3, -0.25) is 0 Å². The first kappa shape index (κ1) is 18.8. The molecule has 0 spiro atoms. The third kappa shape index (κ3) is 3.09. The normalized spacial score (nSPS) is 15.0. The molecule has 0 bridgehead atoms. The number of piperazine rings is 1. The zero-order valence-electron chi connectivity index (χ0n) is 14.6. The fraction of sp³-hybridized carbons (Fsp3) is 0.263. The highest BCUT2D eigenvalue weighted by atomic mass is 35.5. The summed E-state index contributed by atoms with van der Waals surface area (Å²) in [5.74, 6) is 0. The first-order valence-electron chi connectivity index (χ1n) is 8.46. The van der Waals surface area contributed by atoms with E-state index in [1.54, 1.807) is 24.3 Å². The minimum atomic E-state index is -3.64. The lowest BCUT2D eigenvalue weighted by molar-refractivity contribution is 0.585. The maximum Gasteiger partial charge on any atom is 0.268 e. The Kier molecular flexibility index (Phi) is 5.27. The van der Waals surface area contributed by atoms with E-state index in [4.69, 9.17) is 0 Å². The fourth-order valence-electron chi connectivity index (χ4n) is 3.52. The van der Waals surface area contributed by atoms with Crippen LogP contribution in [0.25, 0.3) is 10.9 Å². The highest BCUT2D eigenvalue weighted by Crippen LogP contribution is 2.33. The Morgan fingerprint density at radius 1 is 0.962 bits per heavy atom. The van der Waals surface area contributed by atoms with E-state index >= 15 is 0 Å². The Morgan fingerprint density at radius 2 is 1.65 bits per heavy atom. The number of nitrogens with one attached hydrogen (secondary N) is 1. The molecule has 3 aromatic rings. The van der Waals surface area contributed by atoms with Crippen molar-refractivity contribution >= 4 is 39.0 Å². The molecule has 0 aliphatic carbocycles. The number of fused-ring (bicyclic) bond motifs is 1. The molecule has 2 heterocycles. The molecule has 0 saturated carbocycles. The largest absolute Gasteiger partial charge is 0.367 e. The maximum atomic E-state index is 13.3. The minimum Gasteiger partial charge on any atom is -0.367 e. The third-order valence-electron chi connectivity index (χ3n) is 4.67. The van der Waals surface area contributed by atoms with E-state index in [0.29, 0.717) is 4.90 Å². The minimum absolute atomic E-state index is 0. The number of aromatic nitrogens is 1. The Morgan fingerprint density at radius 3 is 2.35 bits per heavy atom. The van der Waals surface area contributed by atoms with Crippen LogP contribution in [-0.4, -0.2) is 38.6 Å². The molecule has 0 unspecified atom stereocenters. The summed E-state index contributed by atoms with van der Waals surface area (Å²) in [6.45, 7) is 5.40. The predicted molar refractivity (Wildman–Crippen MR) is 108 cm³/mol. The Labute approximate surface area is 160 Å². The number of benzene rings is 2. The smallest absolute Gasteiger partial charge is 0.268 e. The number of rotatable bonds is 3.